The van der Waals surface area contributed by atoms with Crippen molar-refractivity contribution in [3.05, 3.63) is 47.3 Å². The van der Waals surface area contributed by atoms with Crippen LogP contribution >= 0.6 is 0 Å². The zero-order valence-corrected chi connectivity index (χ0v) is 16.2. The molecular formula is C21H26F2N4O. The van der Waals surface area contributed by atoms with Crippen molar-refractivity contribution in [2.24, 2.45) is 7.05 Å². The number of aromatic nitrogens is 2. The maximum atomic E-state index is 13.3. The monoisotopic (exact) mass is 388 g/mol. The van der Waals surface area contributed by atoms with Crippen molar-refractivity contribution >= 4 is 11.6 Å². The molecule has 2 aromatic rings. The summed E-state index contributed by atoms with van der Waals surface area (Å²) in [6, 6.07) is 8.16. The fourth-order valence-electron chi connectivity index (χ4n) is 4.08. The molecule has 2 N–H and O–H groups in total. The molecule has 1 aromatic heterocycles. The first kappa shape index (κ1) is 19.1. The Balaban J connectivity index is 1.35. The Kier molecular flexibility index (Phi) is 4.95. The molecule has 1 aromatic carbocycles. The smallest absolute Gasteiger partial charge is 0.255 e. The largest absolute Gasteiger partial charge is 0.319 e. The number of alkyl halides is 2. The van der Waals surface area contributed by atoms with E-state index in [0.29, 0.717) is 36.1 Å². The summed E-state index contributed by atoms with van der Waals surface area (Å²) in [6.45, 7) is 1.85. The van der Waals surface area contributed by atoms with Crippen LogP contribution in [0, 0.1) is 6.92 Å². The summed E-state index contributed by atoms with van der Waals surface area (Å²) in [6.07, 6.45) is 3.79. The number of aryl methyl sites for hydroxylation is 2. The van der Waals surface area contributed by atoms with Crippen molar-refractivity contribution in [1.82, 2.24) is 15.1 Å². The zero-order valence-electron chi connectivity index (χ0n) is 16.2. The van der Waals surface area contributed by atoms with E-state index in [1.165, 1.54) is 0 Å². The first-order valence-electron chi connectivity index (χ1n) is 9.86. The van der Waals surface area contributed by atoms with Crippen LogP contribution < -0.4 is 10.6 Å². The van der Waals surface area contributed by atoms with Gasteiger partial charge in [0.05, 0.1) is 11.4 Å². The van der Waals surface area contributed by atoms with E-state index in [9.17, 15) is 13.6 Å². The van der Waals surface area contributed by atoms with Gasteiger partial charge in [-0.2, -0.15) is 5.10 Å². The number of nitrogens with one attached hydrogen (secondary N) is 2. The fraction of sp³-hybridized carbons (Fsp3) is 0.524. The molecule has 150 valence electrons. The van der Waals surface area contributed by atoms with Gasteiger partial charge in [0.25, 0.3) is 5.91 Å². The molecule has 2 atom stereocenters. The Morgan fingerprint density at radius 2 is 2.04 bits per heavy atom. The van der Waals surface area contributed by atoms with Crippen molar-refractivity contribution in [3.63, 3.8) is 0 Å². The Morgan fingerprint density at radius 1 is 1.29 bits per heavy atom. The Hall–Kier alpha value is -2.28. The molecule has 1 amide bonds. The van der Waals surface area contributed by atoms with E-state index in [1.807, 2.05) is 32.2 Å². The third kappa shape index (κ3) is 4.24. The molecule has 2 aliphatic rings. The van der Waals surface area contributed by atoms with Gasteiger partial charge in [-0.3, -0.25) is 9.48 Å². The molecule has 2 saturated carbocycles. The lowest BCUT2D eigenvalue weighted by Crippen LogP contribution is -2.38. The number of amides is 1. The summed E-state index contributed by atoms with van der Waals surface area (Å²) in [7, 11) is 1.82. The van der Waals surface area contributed by atoms with Crippen LogP contribution in [0.1, 0.15) is 59.6 Å². The lowest BCUT2D eigenvalue weighted by atomic mass is 9.92. The first-order valence-corrected chi connectivity index (χ1v) is 9.86. The maximum absolute atomic E-state index is 13.3. The number of halogens is 2. The second-order valence-corrected chi connectivity index (χ2v) is 8.13. The highest BCUT2D eigenvalue weighted by molar-refractivity contribution is 6.04. The van der Waals surface area contributed by atoms with Gasteiger partial charge in [0.15, 0.2) is 0 Å². The number of nitrogens with zero attached hydrogens (tertiary/aromatic N) is 2. The van der Waals surface area contributed by atoms with Gasteiger partial charge >= 0.3 is 0 Å². The molecule has 7 heteroatoms. The predicted octanol–water partition coefficient (Wildman–Crippen LogP) is 4.00. The lowest BCUT2D eigenvalue weighted by Gasteiger charge is -2.29. The van der Waals surface area contributed by atoms with Crippen molar-refractivity contribution < 1.29 is 13.6 Å². The second-order valence-electron chi connectivity index (χ2n) is 8.13. The SMILES string of the molecule is Cc1nn(C)cc1NC(=O)c1cccc([C@@H]2C[C@H]2NC2CCC(F)(F)CC2)c1. The van der Waals surface area contributed by atoms with Crippen LogP contribution in [0.15, 0.2) is 30.5 Å². The Bertz CT molecular complexity index is 869. The minimum Gasteiger partial charge on any atom is -0.319 e. The van der Waals surface area contributed by atoms with Gasteiger partial charge in [-0.15, -0.1) is 0 Å². The normalized spacial score (nSPS) is 24.1. The van der Waals surface area contributed by atoms with Crippen LogP contribution in [0.3, 0.4) is 0 Å². The van der Waals surface area contributed by atoms with Crippen LogP contribution in [0.25, 0.3) is 0 Å². The van der Waals surface area contributed by atoms with Crippen LogP contribution in [0.2, 0.25) is 0 Å². The summed E-state index contributed by atoms with van der Waals surface area (Å²) < 4.78 is 28.3. The number of rotatable bonds is 5. The molecular weight excluding hydrogens is 362 g/mol. The molecule has 2 fully saturated rings. The number of hydrogen-bond donors (Lipinski definition) is 2. The van der Waals surface area contributed by atoms with Crippen molar-refractivity contribution in [2.75, 3.05) is 5.32 Å². The van der Waals surface area contributed by atoms with Gasteiger partial charge in [-0.05, 0) is 43.9 Å². The van der Waals surface area contributed by atoms with Crippen LogP contribution in [-0.4, -0.2) is 33.7 Å². The Morgan fingerprint density at radius 3 is 2.71 bits per heavy atom. The molecule has 28 heavy (non-hydrogen) atoms. The quantitative estimate of drug-likeness (QED) is 0.814. The Labute approximate surface area is 163 Å². The average Bonchev–Trinajstić information content (AvgIpc) is 3.34. The van der Waals surface area contributed by atoms with Gasteiger partial charge in [0, 0.05) is 49.7 Å². The maximum Gasteiger partial charge on any atom is 0.255 e. The van der Waals surface area contributed by atoms with E-state index in [4.69, 9.17) is 0 Å². The van der Waals surface area contributed by atoms with E-state index in [1.54, 1.807) is 16.9 Å². The second kappa shape index (κ2) is 7.28. The molecule has 0 radical (unpaired) electrons. The van der Waals surface area contributed by atoms with Crippen LogP contribution in [-0.2, 0) is 7.05 Å². The van der Waals surface area contributed by atoms with Gasteiger partial charge in [0.1, 0.15) is 0 Å². The van der Waals surface area contributed by atoms with E-state index in [-0.39, 0.29) is 24.8 Å². The molecule has 0 spiro atoms. The summed E-state index contributed by atoms with van der Waals surface area (Å²) in [5, 5.41) is 10.7. The molecule has 0 saturated heterocycles. The van der Waals surface area contributed by atoms with Gasteiger partial charge < -0.3 is 10.6 Å². The molecule has 5 nitrogen and oxygen atoms in total. The number of carbonyl (C=O) groups is 1. The molecule has 4 rings (SSSR count). The number of anilines is 1. The lowest BCUT2D eigenvalue weighted by molar-refractivity contribution is -0.0405. The third-order valence-corrected chi connectivity index (χ3v) is 5.80. The first-order chi connectivity index (χ1) is 13.3. The number of benzene rings is 1. The highest BCUT2D eigenvalue weighted by Crippen LogP contribution is 2.43. The van der Waals surface area contributed by atoms with Gasteiger partial charge in [0.2, 0.25) is 5.92 Å². The molecule has 0 aliphatic heterocycles. The molecule has 2 aliphatic carbocycles. The molecule has 0 unspecified atom stereocenters. The van der Waals surface area contributed by atoms with Crippen LogP contribution in [0.5, 0.6) is 0 Å². The standard InChI is InChI=1S/C21H26F2N4O/c1-13-19(12-27(2)26-13)25-20(28)15-5-3-4-14(10-15)17-11-18(17)24-16-6-8-21(22,23)9-7-16/h3-5,10,12,16-18,24H,6-9,11H2,1-2H3,(H,25,28)/t17-,18+/m0/s1. The van der Waals surface area contributed by atoms with Crippen molar-refractivity contribution in [3.8, 4) is 0 Å². The highest BCUT2D eigenvalue weighted by atomic mass is 19.3. The van der Waals surface area contributed by atoms with Gasteiger partial charge in [-0.25, -0.2) is 8.78 Å². The summed E-state index contributed by atoms with van der Waals surface area (Å²) in [4.78, 5) is 12.6. The number of hydrogen-bond acceptors (Lipinski definition) is 3. The fourth-order valence-corrected chi connectivity index (χ4v) is 4.08. The van der Waals surface area contributed by atoms with Crippen molar-refractivity contribution in [1.29, 1.82) is 0 Å². The topological polar surface area (TPSA) is 59.0 Å². The molecule has 0 bridgehead atoms. The third-order valence-electron chi connectivity index (χ3n) is 5.80. The van der Waals surface area contributed by atoms with Crippen molar-refractivity contribution in [2.45, 2.75) is 63.0 Å². The minimum absolute atomic E-state index is 0.0224. The number of carbonyl (C=O) groups excluding carboxylic acids is 1. The summed E-state index contributed by atoms with van der Waals surface area (Å²) in [5.74, 6) is -2.30. The van der Waals surface area contributed by atoms with E-state index in [0.717, 1.165) is 17.7 Å². The van der Waals surface area contributed by atoms with E-state index >= 15 is 0 Å². The highest BCUT2D eigenvalue weighted by Gasteiger charge is 2.42. The predicted molar refractivity (Wildman–Crippen MR) is 104 cm³/mol. The minimum atomic E-state index is -2.49. The van der Waals surface area contributed by atoms with E-state index in [2.05, 4.69) is 15.7 Å². The molecule has 1 heterocycles. The zero-order chi connectivity index (χ0) is 19.9. The van der Waals surface area contributed by atoms with Gasteiger partial charge in [-0.1, -0.05) is 12.1 Å². The summed E-state index contributed by atoms with van der Waals surface area (Å²) >= 11 is 0. The van der Waals surface area contributed by atoms with E-state index < -0.39 is 5.92 Å². The summed E-state index contributed by atoms with van der Waals surface area (Å²) in [5.41, 5.74) is 3.22. The van der Waals surface area contributed by atoms with Crippen LogP contribution in [0.4, 0.5) is 14.5 Å². The average molecular weight is 388 g/mol.